The van der Waals surface area contributed by atoms with Crippen LogP contribution >= 0.6 is 0 Å². The highest BCUT2D eigenvalue weighted by atomic mass is 16.5. The minimum atomic E-state index is -0.513. The van der Waals surface area contributed by atoms with Gasteiger partial charge in [0.05, 0.1) is 13.7 Å². The molecular formula is C25H33N3O4. The van der Waals surface area contributed by atoms with Crippen LogP contribution in [0.4, 0.5) is 0 Å². The zero-order valence-corrected chi connectivity index (χ0v) is 19.1. The number of amides is 3. The average molecular weight is 440 g/mol. The van der Waals surface area contributed by atoms with E-state index in [0.717, 1.165) is 35.3 Å². The molecule has 172 valence electrons. The second-order valence-corrected chi connectivity index (χ2v) is 7.91. The van der Waals surface area contributed by atoms with E-state index >= 15 is 0 Å². The summed E-state index contributed by atoms with van der Waals surface area (Å²) in [5, 5.41) is 2.66. The molecule has 3 amide bonds. The third-order valence-electron chi connectivity index (χ3n) is 5.31. The van der Waals surface area contributed by atoms with Crippen molar-refractivity contribution < 1.29 is 19.1 Å². The van der Waals surface area contributed by atoms with Crippen LogP contribution in [0, 0.1) is 5.92 Å². The monoisotopic (exact) mass is 439 g/mol. The van der Waals surface area contributed by atoms with E-state index in [1.165, 1.54) is 0 Å². The number of likely N-dealkylation sites (N-methyl/N-ethyl adjacent to an activating group) is 1. The first-order valence-corrected chi connectivity index (χ1v) is 10.9. The van der Waals surface area contributed by atoms with Crippen molar-refractivity contribution in [2.75, 3.05) is 20.7 Å². The topological polar surface area (TPSA) is 102 Å². The molecule has 7 nitrogen and oxygen atoms in total. The second-order valence-electron chi connectivity index (χ2n) is 7.91. The molecule has 0 radical (unpaired) electrons. The molecule has 1 atom stereocenters. The number of hydrogen-bond acceptors (Lipinski definition) is 4. The van der Waals surface area contributed by atoms with Crippen molar-refractivity contribution in [3.8, 4) is 16.9 Å². The number of ether oxygens (including phenoxy) is 1. The van der Waals surface area contributed by atoms with Crippen molar-refractivity contribution in [1.29, 1.82) is 0 Å². The van der Waals surface area contributed by atoms with Gasteiger partial charge >= 0.3 is 0 Å². The number of nitrogens with two attached hydrogens (primary N) is 1. The number of hydrogen-bond donors (Lipinski definition) is 2. The fraction of sp³-hybridized carbons (Fsp3) is 0.400. The van der Waals surface area contributed by atoms with E-state index in [2.05, 4.69) is 5.32 Å². The molecule has 0 bridgehead atoms. The molecule has 0 aliphatic rings. The Hall–Kier alpha value is -3.35. The van der Waals surface area contributed by atoms with Crippen LogP contribution in [0.3, 0.4) is 0 Å². The summed E-state index contributed by atoms with van der Waals surface area (Å²) in [4.78, 5) is 37.8. The van der Waals surface area contributed by atoms with Crippen LogP contribution in [0.2, 0.25) is 0 Å². The first-order valence-electron chi connectivity index (χ1n) is 10.9. The van der Waals surface area contributed by atoms with Gasteiger partial charge in [0.25, 0.3) is 0 Å². The Morgan fingerprint density at radius 3 is 2.44 bits per heavy atom. The van der Waals surface area contributed by atoms with Crippen LogP contribution in [-0.4, -0.2) is 43.3 Å². The van der Waals surface area contributed by atoms with E-state index < -0.39 is 11.8 Å². The SMILES string of the molecule is CCCCC(CC(N)=O)C(=O)NCC(=O)N(C)Cc1cccc(-c2cccc(OC)c2)c1. The van der Waals surface area contributed by atoms with Crippen LogP contribution in [0.1, 0.15) is 38.2 Å². The van der Waals surface area contributed by atoms with Gasteiger partial charge in [0.2, 0.25) is 17.7 Å². The Balaban J connectivity index is 1.95. The summed E-state index contributed by atoms with van der Waals surface area (Å²) >= 11 is 0. The summed E-state index contributed by atoms with van der Waals surface area (Å²) < 4.78 is 5.30. The molecule has 2 aromatic carbocycles. The maximum atomic E-state index is 12.6. The summed E-state index contributed by atoms with van der Waals surface area (Å²) in [6.07, 6.45) is 2.31. The molecule has 7 heteroatoms. The first-order chi connectivity index (χ1) is 15.3. The summed E-state index contributed by atoms with van der Waals surface area (Å²) in [6, 6.07) is 15.7. The second kappa shape index (κ2) is 12.5. The van der Waals surface area contributed by atoms with Crippen LogP contribution in [0.25, 0.3) is 11.1 Å². The molecule has 2 aromatic rings. The number of methoxy groups -OCH3 is 1. The lowest BCUT2D eigenvalue weighted by atomic mass is 9.97. The first kappa shape index (κ1) is 24.9. The van der Waals surface area contributed by atoms with Gasteiger partial charge in [-0.15, -0.1) is 0 Å². The molecule has 0 heterocycles. The van der Waals surface area contributed by atoms with Gasteiger partial charge in [-0.05, 0) is 41.3 Å². The molecule has 1 unspecified atom stereocenters. The van der Waals surface area contributed by atoms with Gasteiger partial charge in [-0.3, -0.25) is 14.4 Å². The normalized spacial score (nSPS) is 11.5. The van der Waals surface area contributed by atoms with Crippen molar-refractivity contribution in [3.05, 3.63) is 54.1 Å². The molecule has 0 spiro atoms. The van der Waals surface area contributed by atoms with Crippen LogP contribution in [-0.2, 0) is 20.9 Å². The average Bonchev–Trinajstić information content (AvgIpc) is 2.79. The molecule has 0 saturated heterocycles. The van der Waals surface area contributed by atoms with Crippen LogP contribution < -0.4 is 15.8 Å². The van der Waals surface area contributed by atoms with E-state index in [4.69, 9.17) is 10.5 Å². The summed E-state index contributed by atoms with van der Waals surface area (Å²) in [5.41, 5.74) is 8.29. The lowest BCUT2D eigenvalue weighted by Crippen LogP contribution is -2.41. The quantitative estimate of drug-likeness (QED) is 0.530. The summed E-state index contributed by atoms with van der Waals surface area (Å²) in [6.45, 7) is 2.31. The van der Waals surface area contributed by atoms with Crippen molar-refractivity contribution >= 4 is 17.7 Å². The summed E-state index contributed by atoms with van der Waals surface area (Å²) in [7, 11) is 3.33. The zero-order valence-electron chi connectivity index (χ0n) is 19.1. The lowest BCUT2D eigenvalue weighted by molar-refractivity contribution is -0.134. The predicted molar refractivity (Wildman–Crippen MR) is 125 cm³/mol. The van der Waals surface area contributed by atoms with Crippen molar-refractivity contribution in [1.82, 2.24) is 10.2 Å². The van der Waals surface area contributed by atoms with Gasteiger partial charge < -0.3 is 20.7 Å². The third-order valence-corrected chi connectivity index (χ3v) is 5.31. The van der Waals surface area contributed by atoms with E-state index in [9.17, 15) is 14.4 Å². The highest BCUT2D eigenvalue weighted by Gasteiger charge is 2.21. The van der Waals surface area contributed by atoms with Gasteiger partial charge in [0.1, 0.15) is 5.75 Å². The van der Waals surface area contributed by atoms with E-state index in [1.54, 1.807) is 19.1 Å². The molecule has 0 aromatic heterocycles. The number of carbonyl (C=O) groups is 3. The van der Waals surface area contributed by atoms with Gasteiger partial charge in [-0.2, -0.15) is 0 Å². The number of nitrogens with zero attached hydrogens (tertiary/aromatic N) is 1. The maximum absolute atomic E-state index is 12.6. The van der Waals surface area contributed by atoms with E-state index in [-0.39, 0.29) is 24.8 Å². The fourth-order valence-corrected chi connectivity index (χ4v) is 3.48. The molecule has 0 fully saturated rings. The number of benzene rings is 2. The molecule has 3 N–H and O–H groups in total. The minimum absolute atomic E-state index is 0.00702. The van der Waals surface area contributed by atoms with Gasteiger partial charge in [-0.1, -0.05) is 50.1 Å². The third kappa shape index (κ3) is 7.72. The smallest absolute Gasteiger partial charge is 0.242 e. The number of rotatable bonds is 12. The van der Waals surface area contributed by atoms with Crippen LogP contribution in [0.5, 0.6) is 5.75 Å². The Labute approximate surface area is 189 Å². The van der Waals surface area contributed by atoms with Crippen molar-refractivity contribution in [2.45, 2.75) is 39.2 Å². The number of primary amides is 1. The van der Waals surface area contributed by atoms with Gasteiger partial charge in [-0.25, -0.2) is 0 Å². The minimum Gasteiger partial charge on any atom is -0.497 e. The highest BCUT2D eigenvalue weighted by Crippen LogP contribution is 2.25. The Morgan fingerprint density at radius 2 is 1.78 bits per heavy atom. The van der Waals surface area contributed by atoms with Gasteiger partial charge in [0.15, 0.2) is 0 Å². The molecule has 32 heavy (non-hydrogen) atoms. The van der Waals surface area contributed by atoms with E-state index in [1.807, 2.05) is 55.5 Å². The lowest BCUT2D eigenvalue weighted by Gasteiger charge is -2.20. The summed E-state index contributed by atoms with van der Waals surface area (Å²) in [5.74, 6) is -0.743. The van der Waals surface area contributed by atoms with Crippen molar-refractivity contribution in [3.63, 3.8) is 0 Å². The molecule has 0 saturated carbocycles. The number of carbonyl (C=O) groups excluding carboxylic acids is 3. The standard InChI is InChI=1S/C25H33N3O4/c1-4-5-9-21(15-23(26)29)25(31)27-16-24(30)28(2)17-18-8-6-10-19(13-18)20-11-7-12-22(14-20)32-3/h6-8,10-14,21H,4-5,9,15-17H2,1-3H3,(H2,26,29)(H,27,31). The Morgan fingerprint density at radius 1 is 1.09 bits per heavy atom. The fourth-order valence-electron chi connectivity index (χ4n) is 3.48. The van der Waals surface area contributed by atoms with Crippen LogP contribution in [0.15, 0.2) is 48.5 Å². The number of unbranched alkanes of at least 4 members (excludes halogenated alkanes) is 1. The molecular weight excluding hydrogens is 406 g/mol. The zero-order chi connectivity index (χ0) is 23.5. The largest absolute Gasteiger partial charge is 0.497 e. The van der Waals surface area contributed by atoms with Crippen molar-refractivity contribution in [2.24, 2.45) is 11.7 Å². The molecule has 0 aliphatic carbocycles. The predicted octanol–water partition coefficient (Wildman–Crippen LogP) is 3.12. The Bertz CT molecular complexity index is 929. The molecule has 2 rings (SSSR count). The number of nitrogens with one attached hydrogen (secondary N) is 1. The Kier molecular flexibility index (Phi) is 9.73. The van der Waals surface area contributed by atoms with Gasteiger partial charge in [0, 0.05) is 25.9 Å². The highest BCUT2D eigenvalue weighted by molar-refractivity contribution is 5.88. The maximum Gasteiger partial charge on any atom is 0.242 e. The molecule has 0 aliphatic heterocycles. The van der Waals surface area contributed by atoms with E-state index in [0.29, 0.717) is 13.0 Å².